The Morgan fingerprint density at radius 3 is 2.54 bits per heavy atom. The van der Waals surface area contributed by atoms with Gasteiger partial charge in [-0.1, -0.05) is 18.2 Å². The summed E-state index contributed by atoms with van der Waals surface area (Å²) in [5.74, 6) is -1.37. The van der Waals surface area contributed by atoms with Gasteiger partial charge in [-0.15, -0.1) is 0 Å². The highest BCUT2D eigenvalue weighted by Gasteiger charge is 2.42. The predicted molar refractivity (Wildman–Crippen MR) is 128 cm³/mol. The quantitative estimate of drug-likeness (QED) is 0.288. The third kappa shape index (κ3) is 5.18. The van der Waals surface area contributed by atoms with E-state index in [0.717, 1.165) is 11.4 Å². The van der Waals surface area contributed by atoms with Gasteiger partial charge in [0, 0.05) is 50.1 Å². The van der Waals surface area contributed by atoms with Crippen LogP contribution in [0.4, 0.5) is 11.4 Å². The lowest BCUT2D eigenvalue weighted by atomic mass is 9.91. The lowest BCUT2D eigenvalue weighted by molar-refractivity contribution is -0.384. The number of hydrogen-bond acceptors (Lipinski definition) is 9. The normalized spacial score (nSPS) is 20.1. The number of hydrogen-bond donors (Lipinski definition) is 1. The minimum Gasteiger partial charge on any atom is -0.497 e. The third-order valence-electron chi connectivity index (χ3n) is 6.06. The molecule has 0 spiro atoms. The second-order valence-corrected chi connectivity index (χ2v) is 8.14. The molecule has 11 heteroatoms. The summed E-state index contributed by atoms with van der Waals surface area (Å²) in [5, 5.41) is 14.0. The lowest BCUT2D eigenvalue weighted by Crippen LogP contribution is -2.57. The Morgan fingerprint density at radius 2 is 1.86 bits per heavy atom. The van der Waals surface area contributed by atoms with Gasteiger partial charge < -0.3 is 19.3 Å². The summed E-state index contributed by atoms with van der Waals surface area (Å²) < 4.78 is 10.4. The van der Waals surface area contributed by atoms with Gasteiger partial charge in [0.2, 0.25) is 11.9 Å². The Balaban J connectivity index is 1.58. The van der Waals surface area contributed by atoms with Gasteiger partial charge in [-0.25, -0.2) is 4.99 Å². The van der Waals surface area contributed by atoms with Gasteiger partial charge in [-0.05, 0) is 24.6 Å². The molecule has 0 unspecified atom stereocenters. The van der Waals surface area contributed by atoms with Crippen LogP contribution in [-0.2, 0) is 14.3 Å². The van der Waals surface area contributed by atoms with Crippen molar-refractivity contribution >= 4 is 29.2 Å². The second kappa shape index (κ2) is 10.4. The van der Waals surface area contributed by atoms with Crippen molar-refractivity contribution in [2.75, 3.05) is 44.8 Å². The van der Waals surface area contributed by atoms with Crippen molar-refractivity contribution in [2.24, 2.45) is 10.9 Å². The highest BCUT2D eigenvalue weighted by Crippen LogP contribution is 2.33. The molecule has 0 saturated carbocycles. The molecule has 35 heavy (non-hydrogen) atoms. The number of benzene rings is 2. The Bertz CT molecular complexity index is 1140. The smallest absolute Gasteiger partial charge is 0.321 e. The van der Waals surface area contributed by atoms with E-state index in [1.54, 1.807) is 20.1 Å². The number of esters is 1. The van der Waals surface area contributed by atoms with Gasteiger partial charge in [0.1, 0.15) is 11.8 Å². The molecule has 2 aliphatic rings. The fourth-order valence-corrected chi connectivity index (χ4v) is 4.27. The van der Waals surface area contributed by atoms with Crippen molar-refractivity contribution in [3.63, 3.8) is 0 Å². The first-order valence-electron chi connectivity index (χ1n) is 11.3. The van der Waals surface area contributed by atoms with Crippen molar-refractivity contribution in [1.82, 2.24) is 10.2 Å². The van der Waals surface area contributed by atoms with Gasteiger partial charge in [-0.2, -0.15) is 0 Å². The van der Waals surface area contributed by atoms with Crippen LogP contribution < -0.4 is 15.0 Å². The molecule has 2 heterocycles. The van der Waals surface area contributed by atoms with Crippen LogP contribution in [0.2, 0.25) is 0 Å². The van der Waals surface area contributed by atoms with Crippen molar-refractivity contribution in [2.45, 2.75) is 13.0 Å². The molecule has 2 aromatic carbocycles. The summed E-state index contributed by atoms with van der Waals surface area (Å²) in [6, 6.07) is 12.7. The molecule has 2 aliphatic heterocycles. The Kier molecular flexibility index (Phi) is 7.14. The lowest BCUT2D eigenvalue weighted by Gasteiger charge is -2.39. The van der Waals surface area contributed by atoms with E-state index in [1.807, 2.05) is 29.2 Å². The molecular formula is C24H27N5O6. The molecule has 2 atom stereocenters. The maximum Gasteiger partial charge on any atom is 0.321 e. The van der Waals surface area contributed by atoms with E-state index in [4.69, 9.17) is 9.47 Å². The number of guanidine groups is 1. The maximum absolute atomic E-state index is 13.0. The molecule has 4 rings (SSSR count). The molecule has 1 saturated heterocycles. The van der Waals surface area contributed by atoms with Gasteiger partial charge in [0.05, 0.1) is 18.6 Å². The standard InChI is InChI=1S/C24H27N5O6/c1-3-35-23(31)20-21(16-6-4-8-18(14-16)29(32)33)25-24(26-22(20)30)28-12-10-27(11-13-28)17-7-5-9-19(15-17)34-2/h4-9,14-15,20-21H,3,10-13H2,1-2H3,(H,25,26,30)/t20-,21+/m0/s1. The van der Waals surface area contributed by atoms with Crippen molar-refractivity contribution in [3.05, 3.63) is 64.2 Å². The van der Waals surface area contributed by atoms with Gasteiger partial charge in [0.15, 0.2) is 5.92 Å². The SMILES string of the molecule is CCOC(=O)[C@@H]1C(=O)NC(N2CCN(c3cccc(OC)c3)CC2)=N[C@@H]1c1cccc([N+](=O)[O-])c1. The minimum atomic E-state index is -1.24. The first kappa shape index (κ1) is 24.0. The van der Waals surface area contributed by atoms with Crippen LogP contribution in [-0.4, -0.2) is 67.6 Å². The number of aliphatic imine (C=N–C) groups is 1. The van der Waals surface area contributed by atoms with Gasteiger partial charge in [0.25, 0.3) is 5.69 Å². The summed E-state index contributed by atoms with van der Waals surface area (Å²) in [6.07, 6.45) is 0. The minimum absolute atomic E-state index is 0.104. The molecule has 1 N–H and O–H groups in total. The topological polar surface area (TPSA) is 127 Å². The molecule has 0 aliphatic carbocycles. The Morgan fingerprint density at radius 1 is 1.14 bits per heavy atom. The molecule has 11 nitrogen and oxygen atoms in total. The van der Waals surface area contributed by atoms with Gasteiger partial charge in [-0.3, -0.25) is 25.0 Å². The molecule has 0 aromatic heterocycles. The van der Waals surface area contributed by atoms with Gasteiger partial charge >= 0.3 is 5.97 Å². The maximum atomic E-state index is 13.0. The largest absolute Gasteiger partial charge is 0.497 e. The third-order valence-corrected chi connectivity index (χ3v) is 6.06. The predicted octanol–water partition coefficient (Wildman–Crippen LogP) is 2.13. The molecule has 184 valence electrons. The number of methoxy groups -OCH3 is 1. The number of nitrogens with zero attached hydrogens (tertiary/aromatic N) is 4. The average Bonchev–Trinajstić information content (AvgIpc) is 2.88. The Labute approximate surface area is 202 Å². The number of rotatable bonds is 6. The number of carbonyl (C=O) groups is 2. The Hall–Kier alpha value is -4.15. The monoisotopic (exact) mass is 481 g/mol. The number of nitrogens with one attached hydrogen (secondary N) is 1. The zero-order chi connectivity index (χ0) is 24.9. The van der Waals surface area contributed by atoms with Crippen LogP contribution in [0, 0.1) is 16.0 Å². The van der Waals surface area contributed by atoms with E-state index in [9.17, 15) is 19.7 Å². The van der Waals surface area contributed by atoms with Crippen LogP contribution in [0.5, 0.6) is 5.75 Å². The molecule has 1 amide bonds. The van der Waals surface area contributed by atoms with Crippen LogP contribution in [0.25, 0.3) is 0 Å². The summed E-state index contributed by atoms with van der Waals surface area (Å²) in [6.45, 7) is 4.30. The van der Waals surface area contributed by atoms with Crippen LogP contribution in [0.1, 0.15) is 18.5 Å². The zero-order valence-corrected chi connectivity index (χ0v) is 19.5. The van der Waals surface area contributed by atoms with Crippen molar-refractivity contribution in [1.29, 1.82) is 0 Å². The van der Waals surface area contributed by atoms with Crippen LogP contribution >= 0.6 is 0 Å². The fourth-order valence-electron chi connectivity index (χ4n) is 4.27. The highest BCUT2D eigenvalue weighted by atomic mass is 16.6. The number of anilines is 1. The van der Waals surface area contributed by atoms with E-state index in [-0.39, 0.29) is 12.3 Å². The van der Waals surface area contributed by atoms with Crippen LogP contribution in [0.3, 0.4) is 0 Å². The number of nitro groups is 1. The van der Waals surface area contributed by atoms with E-state index in [1.165, 1.54) is 18.2 Å². The van der Waals surface area contributed by atoms with E-state index in [2.05, 4.69) is 15.2 Å². The summed E-state index contributed by atoms with van der Waals surface area (Å²) in [7, 11) is 1.63. The zero-order valence-electron chi connectivity index (χ0n) is 19.5. The molecule has 1 fully saturated rings. The number of non-ortho nitro benzene ring substituents is 1. The number of nitro benzene ring substituents is 1. The summed E-state index contributed by atoms with van der Waals surface area (Å²) >= 11 is 0. The molecule has 0 radical (unpaired) electrons. The van der Waals surface area contributed by atoms with Crippen molar-refractivity contribution < 1.29 is 24.0 Å². The summed E-state index contributed by atoms with van der Waals surface area (Å²) in [5.41, 5.74) is 1.30. The first-order chi connectivity index (χ1) is 16.9. The number of piperazine rings is 1. The van der Waals surface area contributed by atoms with Crippen molar-refractivity contribution in [3.8, 4) is 5.75 Å². The van der Waals surface area contributed by atoms with E-state index < -0.39 is 28.8 Å². The fraction of sp³-hybridized carbons (Fsp3) is 0.375. The van der Waals surface area contributed by atoms with E-state index in [0.29, 0.717) is 37.7 Å². The average molecular weight is 482 g/mol. The summed E-state index contributed by atoms with van der Waals surface area (Å²) in [4.78, 5) is 45.3. The second-order valence-electron chi connectivity index (χ2n) is 8.14. The molecule has 0 bridgehead atoms. The highest BCUT2D eigenvalue weighted by molar-refractivity contribution is 6.08. The van der Waals surface area contributed by atoms with E-state index >= 15 is 0 Å². The first-order valence-corrected chi connectivity index (χ1v) is 11.3. The van der Waals surface area contributed by atoms with Crippen LogP contribution in [0.15, 0.2) is 53.5 Å². The molecular weight excluding hydrogens is 454 g/mol. The number of carbonyl (C=O) groups excluding carboxylic acids is 2. The molecule has 2 aromatic rings. The number of amides is 1. The number of ether oxygens (including phenoxy) is 2.